The first-order chi connectivity index (χ1) is 6.72. The lowest BCUT2D eigenvalue weighted by atomic mass is 10.2. The second-order valence-electron chi connectivity index (χ2n) is 3.07. The van der Waals surface area contributed by atoms with Crippen molar-refractivity contribution in [2.75, 3.05) is 13.2 Å². The smallest absolute Gasteiger partial charge is 0.0610 e. The number of hydrogen-bond acceptors (Lipinski definition) is 3. The summed E-state index contributed by atoms with van der Waals surface area (Å²) in [5.74, 6) is 0. The lowest BCUT2D eigenvalue weighted by molar-refractivity contribution is 0.0891. The lowest BCUT2D eigenvalue weighted by Gasteiger charge is -2.08. The molecule has 1 heterocycles. The van der Waals surface area contributed by atoms with E-state index in [1.165, 1.54) is 4.88 Å². The van der Waals surface area contributed by atoms with Gasteiger partial charge in [-0.15, -0.1) is 11.3 Å². The van der Waals surface area contributed by atoms with Crippen molar-refractivity contribution in [2.24, 2.45) is 0 Å². The Morgan fingerprint density at radius 1 is 1.64 bits per heavy atom. The van der Waals surface area contributed by atoms with E-state index in [0.29, 0.717) is 13.0 Å². The van der Waals surface area contributed by atoms with Crippen molar-refractivity contribution >= 4 is 27.3 Å². The number of aliphatic hydroxyl groups excluding tert-OH is 1. The van der Waals surface area contributed by atoms with Gasteiger partial charge in [-0.25, -0.2) is 0 Å². The van der Waals surface area contributed by atoms with E-state index in [2.05, 4.69) is 22.0 Å². The van der Waals surface area contributed by atoms with E-state index in [1.54, 1.807) is 11.3 Å². The summed E-state index contributed by atoms with van der Waals surface area (Å²) in [4.78, 5) is 1.21. The molecule has 0 aliphatic rings. The Bertz CT molecular complexity index is 262. The number of halogens is 1. The molecule has 0 bridgehead atoms. The number of thiophene rings is 1. The molecule has 1 rings (SSSR count). The van der Waals surface area contributed by atoms with Crippen LogP contribution in [0.2, 0.25) is 0 Å². The summed E-state index contributed by atoms with van der Waals surface area (Å²) in [6.07, 6.45) is 1.15. The van der Waals surface area contributed by atoms with Crippen molar-refractivity contribution in [3.05, 3.63) is 20.8 Å². The van der Waals surface area contributed by atoms with Crippen molar-refractivity contribution in [2.45, 2.75) is 25.9 Å². The zero-order chi connectivity index (χ0) is 10.4. The van der Waals surface area contributed by atoms with Crippen molar-refractivity contribution in [1.29, 1.82) is 0 Å². The Balaban J connectivity index is 2.23. The highest BCUT2D eigenvalue weighted by atomic mass is 79.9. The average Bonchev–Trinajstić information content (AvgIpc) is 2.52. The highest BCUT2D eigenvalue weighted by Gasteiger charge is 2.07. The fourth-order valence-electron chi connectivity index (χ4n) is 1.16. The van der Waals surface area contributed by atoms with E-state index in [1.807, 2.05) is 12.3 Å². The molecule has 0 radical (unpaired) electrons. The molecule has 4 heteroatoms. The standard InChI is InChI=1S/C10H15BrO2S/c1-2-13-4-3-9(12)6-10-5-8(11)7-14-10/h5,7,9,12H,2-4,6H2,1H3. The third-order valence-corrected chi connectivity index (χ3v) is 3.58. The summed E-state index contributed by atoms with van der Waals surface area (Å²) < 4.78 is 6.27. The molecule has 0 spiro atoms. The highest BCUT2D eigenvalue weighted by Crippen LogP contribution is 2.21. The van der Waals surface area contributed by atoms with Crippen LogP contribution in [0.4, 0.5) is 0 Å². The summed E-state index contributed by atoms with van der Waals surface area (Å²) >= 11 is 5.06. The van der Waals surface area contributed by atoms with Crippen LogP contribution < -0.4 is 0 Å². The Labute approximate surface area is 97.0 Å². The topological polar surface area (TPSA) is 29.5 Å². The lowest BCUT2D eigenvalue weighted by Crippen LogP contribution is -2.12. The molecule has 0 saturated carbocycles. The second kappa shape index (κ2) is 6.56. The Morgan fingerprint density at radius 3 is 3.00 bits per heavy atom. The van der Waals surface area contributed by atoms with Crippen LogP contribution in [0.3, 0.4) is 0 Å². The predicted molar refractivity (Wildman–Crippen MR) is 62.8 cm³/mol. The molecule has 80 valence electrons. The quantitative estimate of drug-likeness (QED) is 0.811. The molecule has 2 nitrogen and oxygen atoms in total. The van der Waals surface area contributed by atoms with E-state index >= 15 is 0 Å². The molecule has 0 aromatic carbocycles. The van der Waals surface area contributed by atoms with Crippen LogP contribution in [0, 0.1) is 0 Å². The van der Waals surface area contributed by atoms with Crippen molar-refractivity contribution in [3.63, 3.8) is 0 Å². The van der Waals surface area contributed by atoms with Gasteiger partial charge in [-0.05, 0) is 35.3 Å². The third kappa shape index (κ3) is 4.55. The minimum atomic E-state index is -0.285. The second-order valence-corrected chi connectivity index (χ2v) is 4.99. The molecule has 14 heavy (non-hydrogen) atoms. The van der Waals surface area contributed by atoms with E-state index < -0.39 is 0 Å². The van der Waals surface area contributed by atoms with E-state index in [-0.39, 0.29) is 6.10 Å². The fourth-order valence-corrected chi connectivity index (χ4v) is 2.68. The summed E-state index contributed by atoms with van der Waals surface area (Å²) in [6.45, 7) is 3.32. The van der Waals surface area contributed by atoms with Crippen molar-refractivity contribution in [1.82, 2.24) is 0 Å². The maximum atomic E-state index is 9.65. The molecule has 0 fully saturated rings. The van der Waals surface area contributed by atoms with Crippen LogP contribution in [-0.4, -0.2) is 24.4 Å². The monoisotopic (exact) mass is 278 g/mol. The van der Waals surface area contributed by atoms with Gasteiger partial charge in [0.25, 0.3) is 0 Å². The Hall–Kier alpha value is 0.1000. The first-order valence-electron chi connectivity index (χ1n) is 4.71. The van der Waals surface area contributed by atoms with Gasteiger partial charge in [0.15, 0.2) is 0 Å². The van der Waals surface area contributed by atoms with Gasteiger partial charge in [-0.1, -0.05) is 0 Å². The van der Waals surface area contributed by atoms with Crippen molar-refractivity contribution < 1.29 is 9.84 Å². The molecule has 1 aromatic heterocycles. The fraction of sp³-hybridized carbons (Fsp3) is 0.600. The number of hydrogen-bond donors (Lipinski definition) is 1. The molecule has 0 aliphatic heterocycles. The van der Waals surface area contributed by atoms with Gasteiger partial charge in [-0.2, -0.15) is 0 Å². The van der Waals surface area contributed by atoms with Crippen LogP contribution in [0.25, 0.3) is 0 Å². The predicted octanol–water partition coefficient (Wildman–Crippen LogP) is 2.84. The molecule has 1 aromatic rings. The molecule has 1 N–H and O–H groups in total. The van der Waals surface area contributed by atoms with E-state index in [4.69, 9.17) is 4.74 Å². The van der Waals surface area contributed by atoms with Gasteiger partial charge in [0, 0.05) is 34.4 Å². The SMILES string of the molecule is CCOCCC(O)Cc1cc(Br)cs1. The van der Waals surface area contributed by atoms with E-state index in [0.717, 1.165) is 17.5 Å². The minimum absolute atomic E-state index is 0.285. The van der Waals surface area contributed by atoms with Gasteiger partial charge in [0.05, 0.1) is 6.10 Å². The number of rotatable bonds is 6. The van der Waals surface area contributed by atoms with Gasteiger partial charge in [0.2, 0.25) is 0 Å². The summed E-state index contributed by atoms with van der Waals surface area (Å²) in [5.41, 5.74) is 0. The summed E-state index contributed by atoms with van der Waals surface area (Å²) in [5, 5.41) is 11.7. The van der Waals surface area contributed by atoms with Crippen LogP contribution >= 0.6 is 27.3 Å². The Kier molecular flexibility index (Phi) is 5.70. The van der Waals surface area contributed by atoms with Gasteiger partial charge < -0.3 is 9.84 Å². The van der Waals surface area contributed by atoms with Crippen LogP contribution in [0.1, 0.15) is 18.2 Å². The van der Waals surface area contributed by atoms with Gasteiger partial charge in [-0.3, -0.25) is 0 Å². The van der Waals surface area contributed by atoms with E-state index in [9.17, 15) is 5.11 Å². The van der Waals surface area contributed by atoms with Gasteiger partial charge >= 0.3 is 0 Å². The molecule has 0 saturated heterocycles. The maximum Gasteiger partial charge on any atom is 0.0610 e. The normalized spacial score (nSPS) is 13.1. The molecule has 0 aliphatic carbocycles. The molecule has 0 amide bonds. The minimum Gasteiger partial charge on any atom is -0.393 e. The highest BCUT2D eigenvalue weighted by molar-refractivity contribution is 9.10. The zero-order valence-corrected chi connectivity index (χ0v) is 10.6. The largest absolute Gasteiger partial charge is 0.393 e. The molecule has 1 atom stereocenters. The maximum absolute atomic E-state index is 9.65. The van der Waals surface area contributed by atoms with Crippen LogP contribution in [-0.2, 0) is 11.2 Å². The number of ether oxygens (including phenoxy) is 1. The summed E-state index contributed by atoms with van der Waals surface area (Å²) in [7, 11) is 0. The zero-order valence-electron chi connectivity index (χ0n) is 8.20. The third-order valence-electron chi connectivity index (χ3n) is 1.86. The first-order valence-corrected chi connectivity index (χ1v) is 6.38. The van der Waals surface area contributed by atoms with Crippen molar-refractivity contribution in [3.8, 4) is 0 Å². The molecular weight excluding hydrogens is 264 g/mol. The van der Waals surface area contributed by atoms with Crippen LogP contribution in [0.15, 0.2) is 15.9 Å². The molecular formula is C10H15BrO2S. The average molecular weight is 279 g/mol. The summed E-state index contributed by atoms with van der Waals surface area (Å²) in [6, 6.07) is 2.05. The van der Waals surface area contributed by atoms with Gasteiger partial charge in [0.1, 0.15) is 0 Å². The van der Waals surface area contributed by atoms with Crippen LogP contribution in [0.5, 0.6) is 0 Å². The molecule has 1 unspecified atom stereocenters. The Morgan fingerprint density at radius 2 is 2.43 bits per heavy atom. The first kappa shape index (κ1) is 12.2. The number of aliphatic hydroxyl groups is 1.